The van der Waals surface area contributed by atoms with Crippen LogP contribution in [0.5, 0.6) is 0 Å². The third-order valence-corrected chi connectivity index (χ3v) is 3.79. The maximum atomic E-state index is 11.8. The van der Waals surface area contributed by atoms with Gasteiger partial charge in [-0.3, -0.25) is 0 Å². The number of amides is 2. The summed E-state index contributed by atoms with van der Waals surface area (Å²) >= 11 is 0. The van der Waals surface area contributed by atoms with Gasteiger partial charge in [-0.05, 0) is 31.7 Å². The van der Waals surface area contributed by atoms with Gasteiger partial charge in [-0.2, -0.15) is 0 Å². The van der Waals surface area contributed by atoms with Crippen LogP contribution in [0.4, 0.5) is 4.79 Å². The molecule has 0 bridgehead atoms. The van der Waals surface area contributed by atoms with Crippen molar-refractivity contribution in [2.45, 2.75) is 52.0 Å². The first-order valence-corrected chi connectivity index (χ1v) is 7.70. The van der Waals surface area contributed by atoms with Crippen molar-refractivity contribution in [3.63, 3.8) is 0 Å². The zero-order valence-corrected chi connectivity index (χ0v) is 13.1. The highest BCUT2D eigenvalue weighted by atomic mass is 16.2. The average Bonchev–Trinajstić information content (AvgIpc) is 2.37. The lowest BCUT2D eigenvalue weighted by molar-refractivity contribution is 0.152. The molecular formula is C15H31N3O. The molecule has 4 heteroatoms. The summed E-state index contributed by atoms with van der Waals surface area (Å²) in [5.74, 6) is 0.820. The van der Waals surface area contributed by atoms with Crippen LogP contribution in [0.2, 0.25) is 0 Å². The molecule has 0 atom stereocenters. The molecule has 2 amide bonds. The molecule has 1 rings (SSSR count). The van der Waals surface area contributed by atoms with Gasteiger partial charge in [-0.25, -0.2) is 4.79 Å². The molecule has 1 aliphatic rings. The fraction of sp³-hybridized carbons (Fsp3) is 0.933. The summed E-state index contributed by atoms with van der Waals surface area (Å²) in [5, 5.41) is 3.63. The Labute approximate surface area is 118 Å². The first kappa shape index (κ1) is 16.3. The minimum Gasteiger partial charge on any atom is -0.331 e. The monoisotopic (exact) mass is 269 g/mol. The van der Waals surface area contributed by atoms with E-state index in [0.29, 0.717) is 6.04 Å². The van der Waals surface area contributed by atoms with E-state index in [9.17, 15) is 4.79 Å². The third-order valence-electron chi connectivity index (χ3n) is 3.79. The Bertz CT molecular complexity index is 258. The number of urea groups is 1. The standard InChI is InChI=1S/C15H31N3O/c1-13(2)7-5-6-10-16-14-8-11-18(12-9-14)15(19)17(3)4/h13-14,16H,5-12H2,1-4H3. The molecular weight excluding hydrogens is 238 g/mol. The second-order valence-electron chi connectivity index (χ2n) is 6.28. The Morgan fingerprint density at radius 3 is 2.42 bits per heavy atom. The van der Waals surface area contributed by atoms with Crippen molar-refractivity contribution < 1.29 is 4.79 Å². The zero-order valence-electron chi connectivity index (χ0n) is 13.1. The zero-order chi connectivity index (χ0) is 14.3. The van der Waals surface area contributed by atoms with Gasteiger partial charge in [0.05, 0.1) is 0 Å². The minimum atomic E-state index is 0.149. The van der Waals surface area contributed by atoms with Crippen molar-refractivity contribution in [1.29, 1.82) is 0 Å². The van der Waals surface area contributed by atoms with E-state index in [1.807, 2.05) is 19.0 Å². The molecule has 0 aromatic carbocycles. The molecule has 0 radical (unpaired) electrons. The van der Waals surface area contributed by atoms with Crippen LogP contribution in [-0.2, 0) is 0 Å². The third kappa shape index (κ3) is 6.28. The van der Waals surface area contributed by atoms with Crippen molar-refractivity contribution >= 4 is 6.03 Å². The van der Waals surface area contributed by atoms with Crippen LogP contribution in [0.1, 0.15) is 46.0 Å². The van der Waals surface area contributed by atoms with Crippen LogP contribution in [-0.4, -0.2) is 55.6 Å². The summed E-state index contributed by atoms with van der Waals surface area (Å²) in [5.41, 5.74) is 0. The van der Waals surface area contributed by atoms with Crippen molar-refractivity contribution in [3.05, 3.63) is 0 Å². The van der Waals surface area contributed by atoms with Gasteiger partial charge in [0.2, 0.25) is 0 Å². The van der Waals surface area contributed by atoms with E-state index < -0.39 is 0 Å². The highest BCUT2D eigenvalue weighted by Gasteiger charge is 2.22. The molecule has 0 aliphatic carbocycles. The van der Waals surface area contributed by atoms with E-state index >= 15 is 0 Å². The first-order chi connectivity index (χ1) is 9.00. The maximum absolute atomic E-state index is 11.8. The van der Waals surface area contributed by atoms with Gasteiger partial charge in [-0.15, -0.1) is 0 Å². The number of nitrogens with one attached hydrogen (secondary N) is 1. The Morgan fingerprint density at radius 2 is 1.89 bits per heavy atom. The number of carbonyl (C=O) groups is 1. The summed E-state index contributed by atoms with van der Waals surface area (Å²) in [4.78, 5) is 15.4. The molecule has 0 aromatic heterocycles. The van der Waals surface area contributed by atoms with Gasteiger partial charge >= 0.3 is 6.03 Å². The molecule has 4 nitrogen and oxygen atoms in total. The van der Waals surface area contributed by atoms with Crippen LogP contribution in [0.25, 0.3) is 0 Å². The number of nitrogens with zero attached hydrogens (tertiary/aromatic N) is 2. The Morgan fingerprint density at radius 1 is 1.26 bits per heavy atom. The van der Waals surface area contributed by atoms with Crippen LogP contribution in [0.3, 0.4) is 0 Å². The fourth-order valence-corrected chi connectivity index (χ4v) is 2.54. The quantitative estimate of drug-likeness (QED) is 0.752. The normalized spacial score (nSPS) is 17.0. The molecule has 1 heterocycles. The van der Waals surface area contributed by atoms with Gasteiger partial charge in [0.25, 0.3) is 0 Å². The molecule has 1 fully saturated rings. The van der Waals surface area contributed by atoms with E-state index in [-0.39, 0.29) is 6.03 Å². The number of likely N-dealkylation sites (tertiary alicyclic amines) is 1. The van der Waals surface area contributed by atoms with Crippen LogP contribution < -0.4 is 5.32 Å². The van der Waals surface area contributed by atoms with Gasteiger partial charge < -0.3 is 15.1 Å². The van der Waals surface area contributed by atoms with E-state index in [2.05, 4.69) is 19.2 Å². The highest BCUT2D eigenvalue weighted by molar-refractivity contribution is 5.73. The predicted octanol–water partition coefficient (Wildman–Crippen LogP) is 2.55. The summed E-state index contributed by atoms with van der Waals surface area (Å²) in [6.07, 6.45) is 6.10. The lowest BCUT2D eigenvalue weighted by Crippen LogP contribution is -2.48. The van der Waals surface area contributed by atoms with Gasteiger partial charge in [0, 0.05) is 33.2 Å². The van der Waals surface area contributed by atoms with E-state index in [4.69, 9.17) is 0 Å². The van der Waals surface area contributed by atoms with E-state index in [1.165, 1.54) is 19.3 Å². The molecule has 112 valence electrons. The maximum Gasteiger partial charge on any atom is 0.319 e. The number of carbonyl (C=O) groups excluding carboxylic acids is 1. The van der Waals surface area contributed by atoms with Crippen molar-refractivity contribution in [2.75, 3.05) is 33.7 Å². The van der Waals surface area contributed by atoms with Gasteiger partial charge in [-0.1, -0.05) is 26.7 Å². The lowest BCUT2D eigenvalue weighted by Gasteiger charge is -2.34. The molecule has 0 saturated carbocycles. The van der Waals surface area contributed by atoms with Crippen molar-refractivity contribution in [2.24, 2.45) is 5.92 Å². The smallest absolute Gasteiger partial charge is 0.319 e. The molecule has 0 unspecified atom stereocenters. The number of hydrogen-bond acceptors (Lipinski definition) is 2. The number of unbranched alkanes of at least 4 members (excludes halogenated alkanes) is 1. The lowest BCUT2D eigenvalue weighted by atomic mass is 10.0. The van der Waals surface area contributed by atoms with Gasteiger partial charge in [0.15, 0.2) is 0 Å². The highest BCUT2D eigenvalue weighted by Crippen LogP contribution is 2.12. The minimum absolute atomic E-state index is 0.149. The Kier molecular flexibility index (Phi) is 7.21. The topological polar surface area (TPSA) is 35.6 Å². The SMILES string of the molecule is CC(C)CCCCNC1CCN(C(=O)N(C)C)CC1. The van der Waals surface area contributed by atoms with Crippen LogP contribution in [0, 0.1) is 5.92 Å². The number of rotatable bonds is 6. The second kappa shape index (κ2) is 8.41. The fourth-order valence-electron chi connectivity index (χ4n) is 2.54. The largest absolute Gasteiger partial charge is 0.331 e. The van der Waals surface area contributed by atoms with Crippen LogP contribution >= 0.6 is 0 Å². The van der Waals surface area contributed by atoms with E-state index in [1.54, 1.807) is 4.90 Å². The molecule has 0 aromatic rings. The number of hydrogen-bond donors (Lipinski definition) is 1. The van der Waals surface area contributed by atoms with E-state index in [0.717, 1.165) is 38.4 Å². The molecule has 19 heavy (non-hydrogen) atoms. The molecule has 1 aliphatic heterocycles. The summed E-state index contributed by atoms with van der Waals surface area (Å²) < 4.78 is 0. The first-order valence-electron chi connectivity index (χ1n) is 7.70. The summed E-state index contributed by atoms with van der Waals surface area (Å²) in [7, 11) is 3.64. The predicted molar refractivity (Wildman–Crippen MR) is 80.4 cm³/mol. The van der Waals surface area contributed by atoms with Crippen molar-refractivity contribution in [3.8, 4) is 0 Å². The molecule has 0 spiro atoms. The molecule has 1 saturated heterocycles. The Hall–Kier alpha value is -0.770. The Balaban J connectivity index is 2.08. The second-order valence-corrected chi connectivity index (χ2v) is 6.28. The van der Waals surface area contributed by atoms with Crippen LogP contribution in [0.15, 0.2) is 0 Å². The summed E-state index contributed by atoms with van der Waals surface area (Å²) in [6, 6.07) is 0.751. The summed E-state index contributed by atoms with van der Waals surface area (Å²) in [6.45, 7) is 7.47. The molecule has 1 N–H and O–H groups in total. The number of piperidine rings is 1. The average molecular weight is 269 g/mol. The van der Waals surface area contributed by atoms with Crippen molar-refractivity contribution in [1.82, 2.24) is 15.1 Å². The van der Waals surface area contributed by atoms with Gasteiger partial charge in [0.1, 0.15) is 0 Å².